The van der Waals surface area contributed by atoms with Crippen LogP contribution in [0.1, 0.15) is 24.6 Å². The van der Waals surface area contributed by atoms with E-state index in [9.17, 15) is 8.42 Å². The maximum absolute atomic E-state index is 12.5. The summed E-state index contributed by atoms with van der Waals surface area (Å²) >= 11 is 0. The molecular formula is C15H19N3O3S. The Balaban J connectivity index is 1.87. The van der Waals surface area contributed by atoms with Crippen LogP contribution >= 0.6 is 0 Å². The van der Waals surface area contributed by atoms with E-state index in [1.807, 2.05) is 0 Å². The van der Waals surface area contributed by atoms with Crippen molar-refractivity contribution in [1.29, 1.82) is 0 Å². The Morgan fingerprint density at radius 3 is 2.95 bits per heavy atom. The largest absolute Gasteiger partial charge is 0.493 e. The number of benzene rings is 1. The minimum atomic E-state index is -3.63. The number of hydrogen-bond donors (Lipinski definition) is 1. The van der Waals surface area contributed by atoms with Gasteiger partial charge in [-0.05, 0) is 30.2 Å². The third-order valence-corrected chi connectivity index (χ3v) is 5.00. The van der Waals surface area contributed by atoms with Crippen LogP contribution in [-0.4, -0.2) is 24.8 Å². The van der Waals surface area contributed by atoms with E-state index in [1.54, 1.807) is 36.0 Å². The van der Waals surface area contributed by atoms with Gasteiger partial charge in [-0.1, -0.05) is 13.3 Å². The highest BCUT2D eigenvalue weighted by molar-refractivity contribution is 7.92. The van der Waals surface area contributed by atoms with E-state index < -0.39 is 10.0 Å². The molecule has 0 radical (unpaired) electrons. The third-order valence-electron chi connectivity index (χ3n) is 3.65. The second kappa shape index (κ2) is 5.64. The average molecular weight is 321 g/mol. The zero-order valence-electron chi connectivity index (χ0n) is 12.7. The molecule has 0 atom stereocenters. The van der Waals surface area contributed by atoms with E-state index in [2.05, 4.69) is 16.7 Å². The summed E-state index contributed by atoms with van der Waals surface area (Å²) in [6.45, 7) is 2.67. The highest BCUT2D eigenvalue weighted by Gasteiger charge is 2.20. The van der Waals surface area contributed by atoms with Gasteiger partial charge in [0.1, 0.15) is 11.6 Å². The summed E-state index contributed by atoms with van der Waals surface area (Å²) in [5.74, 6) is 1.24. The Kier molecular flexibility index (Phi) is 3.82. The topological polar surface area (TPSA) is 73.2 Å². The van der Waals surface area contributed by atoms with Crippen molar-refractivity contribution in [2.75, 3.05) is 11.3 Å². The number of fused-ring (bicyclic) bond motifs is 1. The summed E-state index contributed by atoms with van der Waals surface area (Å²) in [6, 6.07) is 6.73. The lowest BCUT2D eigenvalue weighted by atomic mass is 10.2. The fourth-order valence-electron chi connectivity index (χ4n) is 2.53. The number of nitrogens with one attached hydrogen (secondary N) is 1. The lowest BCUT2D eigenvalue weighted by Gasteiger charge is -2.09. The maximum Gasteiger partial charge on any atom is 0.263 e. The number of anilines is 1. The quantitative estimate of drug-likeness (QED) is 0.915. The Morgan fingerprint density at radius 1 is 1.36 bits per heavy atom. The summed E-state index contributed by atoms with van der Waals surface area (Å²) in [5.41, 5.74) is 1.81. The molecule has 1 aliphatic rings. The molecule has 1 N–H and O–H groups in total. The molecule has 0 unspecified atom stereocenters. The van der Waals surface area contributed by atoms with Crippen LogP contribution in [0.2, 0.25) is 0 Å². The molecule has 0 spiro atoms. The highest BCUT2D eigenvalue weighted by Crippen LogP contribution is 2.28. The monoisotopic (exact) mass is 321 g/mol. The Hall–Kier alpha value is -2.02. The van der Waals surface area contributed by atoms with Gasteiger partial charge in [-0.2, -0.15) is 5.10 Å². The predicted molar refractivity (Wildman–Crippen MR) is 83.7 cm³/mol. The van der Waals surface area contributed by atoms with Crippen LogP contribution in [0.3, 0.4) is 0 Å². The fourth-order valence-corrected chi connectivity index (χ4v) is 3.66. The second-order valence-electron chi connectivity index (χ2n) is 5.37. The van der Waals surface area contributed by atoms with E-state index in [1.165, 1.54) is 0 Å². The van der Waals surface area contributed by atoms with Crippen LogP contribution in [-0.2, 0) is 29.9 Å². The first-order chi connectivity index (χ1) is 10.5. The number of nitrogens with zero attached hydrogens (tertiary/aromatic N) is 2. The molecular weight excluding hydrogens is 302 g/mol. The molecule has 2 heterocycles. The maximum atomic E-state index is 12.5. The molecule has 0 aliphatic carbocycles. The summed E-state index contributed by atoms with van der Waals surface area (Å²) < 4.78 is 34.6. The fraction of sp³-hybridized carbons (Fsp3) is 0.400. The van der Waals surface area contributed by atoms with Crippen molar-refractivity contribution in [3.63, 3.8) is 0 Å². The van der Waals surface area contributed by atoms with E-state index in [0.29, 0.717) is 12.4 Å². The predicted octanol–water partition coefficient (Wildman–Crippen LogP) is 2.11. The smallest absolute Gasteiger partial charge is 0.263 e. The normalized spacial score (nSPS) is 13.7. The van der Waals surface area contributed by atoms with Crippen LogP contribution in [0, 0.1) is 0 Å². The molecule has 1 aromatic carbocycles. The number of ether oxygens (including phenoxy) is 1. The van der Waals surface area contributed by atoms with E-state index in [-0.39, 0.29) is 4.90 Å². The van der Waals surface area contributed by atoms with Gasteiger partial charge in [0.15, 0.2) is 0 Å². The van der Waals surface area contributed by atoms with Crippen molar-refractivity contribution < 1.29 is 13.2 Å². The van der Waals surface area contributed by atoms with Crippen molar-refractivity contribution in [2.24, 2.45) is 7.05 Å². The number of sulfonamides is 1. The number of aryl methyl sites for hydroxylation is 2. The molecule has 0 saturated carbocycles. The van der Waals surface area contributed by atoms with Crippen molar-refractivity contribution in [3.05, 3.63) is 35.5 Å². The molecule has 0 amide bonds. The third kappa shape index (κ3) is 2.81. The molecule has 0 fully saturated rings. The van der Waals surface area contributed by atoms with Crippen LogP contribution in [0.25, 0.3) is 0 Å². The number of aromatic nitrogens is 2. The van der Waals surface area contributed by atoms with Gasteiger partial charge in [0.2, 0.25) is 0 Å². The summed E-state index contributed by atoms with van der Waals surface area (Å²) in [6.07, 6.45) is 2.53. The lowest BCUT2D eigenvalue weighted by Crippen LogP contribution is -2.15. The van der Waals surface area contributed by atoms with E-state index >= 15 is 0 Å². The minimum absolute atomic E-state index is 0.245. The van der Waals surface area contributed by atoms with Gasteiger partial charge >= 0.3 is 0 Å². The van der Waals surface area contributed by atoms with Gasteiger partial charge in [-0.15, -0.1) is 0 Å². The first kappa shape index (κ1) is 14.9. The zero-order chi connectivity index (χ0) is 15.7. The van der Waals surface area contributed by atoms with Gasteiger partial charge < -0.3 is 4.74 Å². The van der Waals surface area contributed by atoms with Gasteiger partial charge in [-0.3, -0.25) is 9.40 Å². The molecule has 3 rings (SSSR count). The molecule has 7 heteroatoms. The first-order valence-electron chi connectivity index (χ1n) is 7.31. The van der Waals surface area contributed by atoms with Crippen LogP contribution in [0.5, 0.6) is 5.75 Å². The van der Waals surface area contributed by atoms with Crippen LogP contribution < -0.4 is 9.46 Å². The minimum Gasteiger partial charge on any atom is -0.493 e. The second-order valence-corrected chi connectivity index (χ2v) is 7.05. The number of hydrogen-bond acceptors (Lipinski definition) is 4. The first-order valence-corrected chi connectivity index (χ1v) is 8.79. The molecule has 1 aliphatic heterocycles. The van der Waals surface area contributed by atoms with Crippen molar-refractivity contribution in [2.45, 2.75) is 31.1 Å². The molecule has 2 aromatic rings. The summed E-state index contributed by atoms with van der Waals surface area (Å²) in [4.78, 5) is 0.245. The van der Waals surface area contributed by atoms with E-state index in [4.69, 9.17) is 4.74 Å². The number of rotatable bonds is 5. The summed E-state index contributed by atoms with van der Waals surface area (Å²) in [5, 5.41) is 4.31. The lowest BCUT2D eigenvalue weighted by molar-refractivity contribution is 0.356. The van der Waals surface area contributed by atoms with E-state index in [0.717, 1.165) is 36.3 Å². The van der Waals surface area contributed by atoms with Crippen molar-refractivity contribution in [3.8, 4) is 5.75 Å². The Bertz CT molecular complexity index is 796. The van der Waals surface area contributed by atoms with Gasteiger partial charge in [0, 0.05) is 19.5 Å². The molecule has 0 saturated heterocycles. The van der Waals surface area contributed by atoms with Gasteiger partial charge in [-0.25, -0.2) is 8.42 Å². The standard InChI is InChI=1S/C15H19N3O3S/c1-3-4-12-10-15(18(2)16-12)17-22(19,20)13-5-6-14-11(9-13)7-8-21-14/h5-6,9-10,17H,3-4,7-8H2,1-2H3. The van der Waals surface area contributed by atoms with Crippen molar-refractivity contribution in [1.82, 2.24) is 9.78 Å². The average Bonchev–Trinajstić information content (AvgIpc) is 3.05. The van der Waals surface area contributed by atoms with Gasteiger partial charge in [0.25, 0.3) is 10.0 Å². The zero-order valence-corrected chi connectivity index (χ0v) is 13.5. The Morgan fingerprint density at radius 2 is 2.18 bits per heavy atom. The summed E-state index contributed by atoms with van der Waals surface area (Å²) in [7, 11) is -1.90. The van der Waals surface area contributed by atoms with Crippen LogP contribution in [0.4, 0.5) is 5.82 Å². The van der Waals surface area contributed by atoms with Crippen molar-refractivity contribution >= 4 is 15.8 Å². The molecule has 0 bridgehead atoms. The molecule has 118 valence electrons. The Labute approximate surface area is 130 Å². The van der Waals surface area contributed by atoms with Gasteiger partial charge in [0.05, 0.1) is 17.2 Å². The molecule has 1 aromatic heterocycles. The van der Waals surface area contributed by atoms with Crippen LogP contribution in [0.15, 0.2) is 29.2 Å². The molecule has 6 nitrogen and oxygen atoms in total. The highest BCUT2D eigenvalue weighted by atomic mass is 32.2. The molecule has 22 heavy (non-hydrogen) atoms. The SMILES string of the molecule is CCCc1cc(NS(=O)(=O)c2ccc3c(c2)CCO3)n(C)n1.